The summed E-state index contributed by atoms with van der Waals surface area (Å²) < 4.78 is 0. The van der Waals surface area contributed by atoms with E-state index in [4.69, 9.17) is 6.42 Å². The quantitative estimate of drug-likeness (QED) is 0.533. The van der Waals surface area contributed by atoms with Crippen LogP contribution in [0.3, 0.4) is 0 Å². The van der Waals surface area contributed by atoms with Crippen molar-refractivity contribution in [3.63, 3.8) is 0 Å². The molecule has 0 spiro atoms. The van der Waals surface area contributed by atoms with Crippen LogP contribution in [0.4, 0.5) is 0 Å². The number of rotatable bonds is 1. The van der Waals surface area contributed by atoms with E-state index in [2.05, 4.69) is 36.7 Å². The zero-order valence-electron chi connectivity index (χ0n) is 8.25. The Balaban J connectivity index is 2.59. The van der Waals surface area contributed by atoms with Gasteiger partial charge < -0.3 is 9.80 Å². The van der Waals surface area contributed by atoms with Crippen LogP contribution >= 0.6 is 0 Å². The summed E-state index contributed by atoms with van der Waals surface area (Å²) in [7, 11) is 2.16. The fourth-order valence-corrected chi connectivity index (χ4v) is 1.68. The van der Waals surface area contributed by atoms with E-state index in [1.165, 1.54) is 0 Å². The first-order valence-electron chi connectivity index (χ1n) is 4.56. The van der Waals surface area contributed by atoms with Gasteiger partial charge in [0.05, 0.1) is 6.04 Å². The van der Waals surface area contributed by atoms with Crippen molar-refractivity contribution in [3.8, 4) is 12.5 Å². The molecule has 0 aromatic heterocycles. The molecule has 1 aliphatic rings. The van der Waals surface area contributed by atoms with Crippen molar-refractivity contribution in [2.24, 2.45) is 5.92 Å². The number of hydrogen-bond donors (Lipinski definition) is 0. The minimum atomic E-state index is 0.536. The van der Waals surface area contributed by atoms with Crippen molar-refractivity contribution >= 4 is 0 Å². The maximum Gasteiger partial charge on any atom is 0.0521 e. The number of terminal acetylenes is 1. The lowest BCUT2D eigenvalue weighted by atomic mass is 10.0. The molecule has 1 saturated heterocycles. The Bertz CT molecular complexity index is 181. The van der Waals surface area contributed by atoms with Crippen molar-refractivity contribution in [2.45, 2.75) is 19.9 Å². The normalized spacial score (nSPS) is 25.9. The molecule has 0 aromatic carbocycles. The standard InChI is InChI=1S/C10H18N2/c1-5-12-7-6-11(4)8-10(12)9(2)3/h1,9-10H,6-8H2,2-4H3/t10-/m0/s1. The molecule has 0 bridgehead atoms. The van der Waals surface area contributed by atoms with Crippen LogP contribution in [-0.4, -0.2) is 42.5 Å². The van der Waals surface area contributed by atoms with Crippen LogP contribution in [0.5, 0.6) is 0 Å². The molecule has 1 fully saturated rings. The van der Waals surface area contributed by atoms with Gasteiger partial charge in [-0.05, 0) is 13.0 Å². The minimum absolute atomic E-state index is 0.536. The third-order valence-electron chi connectivity index (χ3n) is 2.56. The molecule has 0 aromatic rings. The van der Waals surface area contributed by atoms with Gasteiger partial charge in [-0.25, -0.2) is 0 Å². The van der Waals surface area contributed by atoms with Gasteiger partial charge in [0.2, 0.25) is 0 Å². The van der Waals surface area contributed by atoms with Crippen molar-refractivity contribution in [3.05, 3.63) is 0 Å². The fourth-order valence-electron chi connectivity index (χ4n) is 1.68. The summed E-state index contributed by atoms with van der Waals surface area (Å²) >= 11 is 0. The van der Waals surface area contributed by atoms with Crippen molar-refractivity contribution < 1.29 is 0 Å². The summed E-state index contributed by atoms with van der Waals surface area (Å²) in [5.41, 5.74) is 0. The minimum Gasteiger partial charge on any atom is -0.327 e. The Labute approximate surface area is 75.5 Å². The third-order valence-corrected chi connectivity index (χ3v) is 2.56. The van der Waals surface area contributed by atoms with E-state index in [1.54, 1.807) is 0 Å². The molecule has 1 atom stereocenters. The highest BCUT2D eigenvalue weighted by molar-refractivity contribution is 4.95. The molecular weight excluding hydrogens is 148 g/mol. The summed E-state index contributed by atoms with van der Waals surface area (Å²) in [6.45, 7) is 7.66. The predicted octanol–water partition coefficient (Wildman–Crippen LogP) is 0.849. The van der Waals surface area contributed by atoms with Gasteiger partial charge in [-0.2, -0.15) is 0 Å². The first-order valence-corrected chi connectivity index (χ1v) is 4.56. The molecule has 12 heavy (non-hydrogen) atoms. The van der Waals surface area contributed by atoms with Gasteiger partial charge in [0.1, 0.15) is 0 Å². The van der Waals surface area contributed by atoms with E-state index < -0.39 is 0 Å². The third kappa shape index (κ3) is 1.92. The monoisotopic (exact) mass is 166 g/mol. The van der Waals surface area contributed by atoms with Crippen LogP contribution in [-0.2, 0) is 0 Å². The van der Waals surface area contributed by atoms with E-state index >= 15 is 0 Å². The Morgan fingerprint density at radius 2 is 2.08 bits per heavy atom. The largest absolute Gasteiger partial charge is 0.327 e. The number of hydrogen-bond acceptors (Lipinski definition) is 2. The van der Waals surface area contributed by atoms with Crippen LogP contribution in [0.1, 0.15) is 13.8 Å². The van der Waals surface area contributed by atoms with Crippen molar-refractivity contribution in [1.82, 2.24) is 9.80 Å². The highest BCUT2D eigenvalue weighted by Gasteiger charge is 2.25. The molecule has 0 amide bonds. The molecule has 0 unspecified atom stereocenters. The summed E-state index contributed by atoms with van der Waals surface area (Å²) in [6.07, 6.45) is 5.43. The maximum absolute atomic E-state index is 5.43. The van der Waals surface area contributed by atoms with Crippen LogP contribution in [0.25, 0.3) is 0 Å². The zero-order valence-corrected chi connectivity index (χ0v) is 8.25. The van der Waals surface area contributed by atoms with E-state index in [0.717, 1.165) is 19.6 Å². The average Bonchev–Trinajstić information content (AvgIpc) is 2.04. The molecule has 0 saturated carbocycles. The molecule has 68 valence electrons. The molecule has 0 radical (unpaired) electrons. The SMILES string of the molecule is C#CN1CCN(C)C[C@H]1C(C)C. The predicted molar refractivity (Wildman–Crippen MR) is 51.7 cm³/mol. The topological polar surface area (TPSA) is 6.48 Å². The molecule has 2 heteroatoms. The first kappa shape index (κ1) is 9.41. The van der Waals surface area contributed by atoms with Crippen LogP contribution in [0, 0.1) is 18.4 Å². The molecule has 1 aliphatic heterocycles. The molecular formula is C10H18N2. The maximum atomic E-state index is 5.43. The first-order chi connectivity index (χ1) is 5.65. The molecule has 0 N–H and O–H groups in total. The van der Waals surface area contributed by atoms with Gasteiger partial charge >= 0.3 is 0 Å². The van der Waals surface area contributed by atoms with Crippen LogP contribution in [0.15, 0.2) is 0 Å². The Morgan fingerprint density at radius 1 is 1.42 bits per heavy atom. The van der Waals surface area contributed by atoms with Gasteiger partial charge in [0, 0.05) is 25.7 Å². The van der Waals surface area contributed by atoms with E-state index in [-0.39, 0.29) is 0 Å². The Kier molecular flexibility index (Phi) is 2.99. The van der Waals surface area contributed by atoms with Crippen LogP contribution < -0.4 is 0 Å². The average molecular weight is 166 g/mol. The number of likely N-dealkylation sites (N-methyl/N-ethyl adjacent to an activating group) is 1. The van der Waals surface area contributed by atoms with Gasteiger partial charge in [0.15, 0.2) is 0 Å². The highest BCUT2D eigenvalue weighted by atomic mass is 15.3. The van der Waals surface area contributed by atoms with Gasteiger partial charge in [-0.1, -0.05) is 20.3 Å². The Morgan fingerprint density at radius 3 is 2.58 bits per heavy atom. The van der Waals surface area contributed by atoms with E-state index in [1.807, 2.05) is 0 Å². The fraction of sp³-hybridized carbons (Fsp3) is 0.800. The number of piperazine rings is 1. The molecule has 1 rings (SSSR count). The van der Waals surface area contributed by atoms with E-state index in [9.17, 15) is 0 Å². The summed E-state index contributed by atoms with van der Waals surface area (Å²) in [4.78, 5) is 4.48. The summed E-state index contributed by atoms with van der Waals surface area (Å²) in [5.74, 6) is 0.642. The molecule has 2 nitrogen and oxygen atoms in total. The molecule has 1 heterocycles. The van der Waals surface area contributed by atoms with Crippen LogP contribution in [0.2, 0.25) is 0 Å². The van der Waals surface area contributed by atoms with E-state index in [0.29, 0.717) is 12.0 Å². The summed E-state index contributed by atoms with van der Waals surface area (Å²) in [6, 6.07) is 3.30. The van der Waals surface area contributed by atoms with Gasteiger partial charge in [-0.15, -0.1) is 0 Å². The van der Waals surface area contributed by atoms with Gasteiger partial charge in [-0.3, -0.25) is 0 Å². The van der Waals surface area contributed by atoms with Crippen molar-refractivity contribution in [1.29, 1.82) is 0 Å². The lowest BCUT2D eigenvalue weighted by Crippen LogP contribution is -2.51. The van der Waals surface area contributed by atoms with Crippen molar-refractivity contribution in [2.75, 3.05) is 26.7 Å². The highest BCUT2D eigenvalue weighted by Crippen LogP contribution is 2.14. The lowest BCUT2D eigenvalue weighted by Gasteiger charge is -2.39. The molecule has 0 aliphatic carbocycles. The smallest absolute Gasteiger partial charge is 0.0521 e. The second-order valence-corrected chi connectivity index (χ2v) is 3.90. The Hall–Kier alpha value is -0.680. The van der Waals surface area contributed by atoms with Gasteiger partial charge in [0.25, 0.3) is 0 Å². The zero-order chi connectivity index (χ0) is 9.14. The number of nitrogens with zero attached hydrogens (tertiary/aromatic N) is 2. The second kappa shape index (κ2) is 3.82. The second-order valence-electron chi connectivity index (χ2n) is 3.90. The summed E-state index contributed by atoms with van der Waals surface area (Å²) in [5, 5.41) is 0. The lowest BCUT2D eigenvalue weighted by molar-refractivity contribution is 0.111.